The lowest BCUT2D eigenvalue weighted by molar-refractivity contribution is -0.129. The van der Waals surface area contributed by atoms with E-state index in [0.717, 1.165) is 21.2 Å². The van der Waals surface area contributed by atoms with Crippen molar-refractivity contribution in [2.75, 3.05) is 7.11 Å². The van der Waals surface area contributed by atoms with Gasteiger partial charge >= 0.3 is 5.97 Å². The fraction of sp³-hybridized carbons (Fsp3) is 0.0882. The Bertz CT molecular complexity index is 1610. The van der Waals surface area contributed by atoms with Gasteiger partial charge in [-0.1, -0.05) is 88.7 Å². The number of hydrogen-bond acceptors (Lipinski definition) is 5. The molecule has 1 amide bonds. The van der Waals surface area contributed by atoms with E-state index in [2.05, 4.69) is 15.9 Å². The summed E-state index contributed by atoms with van der Waals surface area (Å²) in [7, 11) is 1.55. The number of hydrogen-bond donors (Lipinski definition) is 0. The lowest BCUT2D eigenvalue weighted by Gasteiger charge is -2.20. The Kier molecular flexibility index (Phi) is 8.86. The second-order valence-corrected chi connectivity index (χ2v) is 10.2. The average Bonchev–Trinajstić information content (AvgIpc) is 3.45. The summed E-state index contributed by atoms with van der Waals surface area (Å²) in [5, 5.41) is 6.24. The Hall–Kier alpha value is -4.75. The van der Waals surface area contributed by atoms with E-state index >= 15 is 0 Å². The Balaban J connectivity index is 1.46. The average molecular weight is 608 g/mol. The highest BCUT2D eigenvalue weighted by molar-refractivity contribution is 9.10. The topological polar surface area (TPSA) is 68.2 Å². The number of halogens is 1. The molecule has 0 bridgehead atoms. The van der Waals surface area contributed by atoms with Crippen molar-refractivity contribution in [1.82, 2.24) is 5.01 Å². The molecule has 41 heavy (non-hydrogen) atoms. The maximum atomic E-state index is 13.4. The zero-order valence-corrected chi connectivity index (χ0v) is 23.9. The van der Waals surface area contributed by atoms with E-state index in [-0.39, 0.29) is 11.9 Å². The van der Waals surface area contributed by atoms with Gasteiger partial charge in [0, 0.05) is 34.7 Å². The van der Waals surface area contributed by atoms with Crippen LogP contribution in [0.1, 0.15) is 34.7 Å². The highest BCUT2D eigenvalue weighted by Crippen LogP contribution is 2.37. The lowest BCUT2D eigenvalue weighted by atomic mass is 9.97. The van der Waals surface area contributed by atoms with Gasteiger partial charge in [0.2, 0.25) is 0 Å². The van der Waals surface area contributed by atoms with Crippen LogP contribution < -0.4 is 9.47 Å². The molecule has 0 radical (unpaired) electrons. The van der Waals surface area contributed by atoms with E-state index in [1.165, 1.54) is 17.2 Å². The molecule has 1 aliphatic heterocycles. The van der Waals surface area contributed by atoms with Crippen molar-refractivity contribution in [2.24, 2.45) is 5.10 Å². The van der Waals surface area contributed by atoms with Gasteiger partial charge in [-0.25, -0.2) is 9.80 Å². The van der Waals surface area contributed by atoms with E-state index in [4.69, 9.17) is 14.6 Å². The molecule has 6 nitrogen and oxygen atoms in total. The van der Waals surface area contributed by atoms with Crippen molar-refractivity contribution in [1.29, 1.82) is 0 Å². The number of carbonyl (C=O) groups is 2. The Morgan fingerprint density at radius 1 is 0.854 bits per heavy atom. The lowest BCUT2D eigenvalue weighted by Crippen LogP contribution is -2.25. The molecule has 4 aromatic rings. The zero-order valence-electron chi connectivity index (χ0n) is 22.3. The van der Waals surface area contributed by atoms with Crippen LogP contribution in [-0.2, 0) is 9.59 Å². The molecular weight excluding hydrogens is 580 g/mol. The molecule has 4 aromatic carbocycles. The molecule has 1 heterocycles. The molecule has 0 saturated carbocycles. The van der Waals surface area contributed by atoms with Crippen molar-refractivity contribution in [3.05, 3.63) is 142 Å². The number of methoxy groups -OCH3 is 1. The minimum absolute atomic E-state index is 0.255. The Morgan fingerprint density at radius 3 is 2.12 bits per heavy atom. The third kappa shape index (κ3) is 7.07. The molecule has 1 atom stereocenters. The number of amides is 1. The second-order valence-electron chi connectivity index (χ2n) is 9.27. The first-order chi connectivity index (χ1) is 20.0. The number of ether oxygens (including phenoxy) is 2. The molecule has 0 aliphatic carbocycles. The standard InChI is InChI=1S/C34H27BrN2O4/c1-40-28-18-19-29(32(22-28)41-34(39)21-13-25-10-6-3-7-11-25)30-23-31(26-14-16-27(35)17-15-26)37(36-30)33(38)20-12-24-8-4-2-5-9-24/h2-22,31H,23H2,1H3/b20-12+,21-13+. The van der Waals surface area contributed by atoms with E-state index in [1.54, 1.807) is 37.5 Å². The molecule has 1 unspecified atom stereocenters. The summed E-state index contributed by atoms with van der Waals surface area (Å²) in [6, 6.07) is 31.8. The second kappa shape index (κ2) is 13.1. The maximum Gasteiger partial charge on any atom is 0.336 e. The van der Waals surface area contributed by atoms with Crippen LogP contribution in [0.2, 0.25) is 0 Å². The van der Waals surface area contributed by atoms with Crippen molar-refractivity contribution >= 4 is 45.7 Å². The summed E-state index contributed by atoms with van der Waals surface area (Å²) in [6.45, 7) is 0. The quantitative estimate of drug-likeness (QED) is 0.118. The van der Waals surface area contributed by atoms with Gasteiger partial charge in [0.05, 0.1) is 18.9 Å². The smallest absolute Gasteiger partial charge is 0.336 e. The summed E-state index contributed by atoms with van der Waals surface area (Å²) in [6.07, 6.45) is 6.80. The van der Waals surface area contributed by atoms with Crippen LogP contribution in [0.25, 0.3) is 12.2 Å². The van der Waals surface area contributed by atoms with Gasteiger partial charge in [-0.15, -0.1) is 0 Å². The molecule has 5 rings (SSSR count). The maximum absolute atomic E-state index is 13.4. The van der Waals surface area contributed by atoms with Crippen LogP contribution >= 0.6 is 15.9 Å². The third-order valence-corrected chi connectivity index (χ3v) is 7.06. The van der Waals surface area contributed by atoms with Crippen molar-refractivity contribution in [3.63, 3.8) is 0 Å². The first-order valence-corrected chi connectivity index (χ1v) is 13.8. The highest BCUT2D eigenvalue weighted by atomic mass is 79.9. The first kappa shape index (κ1) is 27.8. The number of benzene rings is 4. The van der Waals surface area contributed by atoms with Gasteiger partial charge in [0.25, 0.3) is 5.91 Å². The van der Waals surface area contributed by atoms with Gasteiger partial charge in [0.15, 0.2) is 0 Å². The summed E-state index contributed by atoms with van der Waals surface area (Å²) < 4.78 is 12.1. The van der Waals surface area contributed by atoms with Crippen LogP contribution in [0.15, 0.2) is 125 Å². The molecular formula is C34H27BrN2O4. The van der Waals surface area contributed by atoms with Gasteiger partial charge in [-0.3, -0.25) is 4.79 Å². The van der Waals surface area contributed by atoms with Gasteiger partial charge in [-0.05, 0) is 53.1 Å². The largest absolute Gasteiger partial charge is 0.497 e. The summed E-state index contributed by atoms with van der Waals surface area (Å²) in [5.74, 6) is 0.0413. The SMILES string of the molecule is COc1ccc(C2=NN(C(=O)/C=C/c3ccccc3)C(c3ccc(Br)cc3)C2)c(OC(=O)/C=C/c2ccccc2)c1. The molecule has 0 spiro atoms. The predicted molar refractivity (Wildman–Crippen MR) is 164 cm³/mol. The minimum Gasteiger partial charge on any atom is -0.497 e. The van der Waals surface area contributed by atoms with Gasteiger partial charge < -0.3 is 9.47 Å². The van der Waals surface area contributed by atoms with Crippen LogP contribution in [0, 0.1) is 0 Å². The number of nitrogens with zero attached hydrogens (tertiary/aromatic N) is 2. The molecule has 0 saturated heterocycles. The molecule has 0 fully saturated rings. The fourth-order valence-electron chi connectivity index (χ4n) is 4.45. The number of rotatable bonds is 8. The molecule has 0 aromatic heterocycles. The molecule has 204 valence electrons. The van der Waals surface area contributed by atoms with Crippen LogP contribution in [0.4, 0.5) is 0 Å². The van der Waals surface area contributed by atoms with E-state index in [1.807, 2.05) is 84.9 Å². The minimum atomic E-state index is -0.537. The molecule has 0 N–H and O–H groups in total. The molecule has 1 aliphatic rings. The monoisotopic (exact) mass is 606 g/mol. The van der Waals surface area contributed by atoms with Crippen molar-refractivity contribution < 1.29 is 19.1 Å². The number of carbonyl (C=O) groups excluding carboxylic acids is 2. The normalized spacial score (nSPS) is 14.8. The van der Waals surface area contributed by atoms with Crippen LogP contribution in [0.5, 0.6) is 11.5 Å². The summed E-state index contributed by atoms with van der Waals surface area (Å²) in [5.41, 5.74) is 3.96. The zero-order chi connectivity index (χ0) is 28.6. The van der Waals surface area contributed by atoms with Crippen molar-refractivity contribution in [3.8, 4) is 11.5 Å². The van der Waals surface area contributed by atoms with Crippen molar-refractivity contribution in [2.45, 2.75) is 12.5 Å². The fourth-order valence-corrected chi connectivity index (χ4v) is 4.72. The Labute approximate surface area is 247 Å². The van der Waals surface area contributed by atoms with E-state index < -0.39 is 5.97 Å². The number of esters is 1. The highest BCUT2D eigenvalue weighted by Gasteiger charge is 2.33. The predicted octanol–water partition coefficient (Wildman–Crippen LogP) is 7.47. The molecule has 7 heteroatoms. The van der Waals surface area contributed by atoms with Gasteiger partial charge in [0.1, 0.15) is 11.5 Å². The summed E-state index contributed by atoms with van der Waals surface area (Å²) >= 11 is 3.48. The van der Waals surface area contributed by atoms with Crippen LogP contribution in [-0.4, -0.2) is 29.7 Å². The Morgan fingerprint density at radius 2 is 1.49 bits per heavy atom. The number of hydrazone groups is 1. The third-order valence-electron chi connectivity index (χ3n) is 6.53. The van der Waals surface area contributed by atoms with E-state index in [0.29, 0.717) is 29.2 Å². The van der Waals surface area contributed by atoms with Crippen LogP contribution in [0.3, 0.4) is 0 Å². The van der Waals surface area contributed by atoms with Gasteiger partial charge in [-0.2, -0.15) is 5.10 Å². The summed E-state index contributed by atoms with van der Waals surface area (Å²) in [4.78, 5) is 26.2. The first-order valence-electron chi connectivity index (χ1n) is 13.0. The van der Waals surface area contributed by atoms with E-state index in [9.17, 15) is 9.59 Å².